The number of hydrogen-bond donors (Lipinski definition) is 0. The average molecular weight is 374 g/mol. The molecule has 0 saturated heterocycles. The Morgan fingerprint density at radius 2 is 1.86 bits per heavy atom. The van der Waals surface area contributed by atoms with Crippen molar-refractivity contribution in [2.75, 3.05) is 7.11 Å². The molecule has 0 bridgehead atoms. The molecular weight excluding hydrogens is 352 g/mol. The lowest BCUT2D eigenvalue weighted by atomic mass is 9.97. The van der Waals surface area contributed by atoms with Gasteiger partial charge in [0, 0.05) is 30.3 Å². The number of hydrazone groups is 1. The summed E-state index contributed by atoms with van der Waals surface area (Å²) in [7, 11) is 1.64. The second kappa shape index (κ2) is 7.38. The van der Waals surface area contributed by atoms with E-state index in [2.05, 4.69) is 9.97 Å². The molecule has 1 atom stereocenters. The van der Waals surface area contributed by atoms with Crippen LogP contribution in [0.3, 0.4) is 0 Å². The highest BCUT2D eigenvalue weighted by atomic mass is 16.5. The fourth-order valence-electron chi connectivity index (χ4n) is 3.47. The van der Waals surface area contributed by atoms with Crippen molar-refractivity contribution in [1.82, 2.24) is 15.0 Å². The predicted molar refractivity (Wildman–Crippen MR) is 108 cm³/mol. The largest absolute Gasteiger partial charge is 0.496 e. The van der Waals surface area contributed by atoms with Crippen LogP contribution in [-0.4, -0.2) is 33.7 Å². The fourth-order valence-corrected chi connectivity index (χ4v) is 3.47. The fraction of sp³-hybridized carbons (Fsp3) is 0.273. The smallest absolute Gasteiger partial charge is 0.245 e. The molecule has 0 unspecified atom stereocenters. The van der Waals surface area contributed by atoms with Crippen LogP contribution < -0.4 is 4.74 Å². The maximum atomic E-state index is 12.9. The lowest BCUT2D eigenvalue weighted by molar-refractivity contribution is -0.136. The summed E-state index contributed by atoms with van der Waals surface area (Å²) in [5.74, 6) is 0.598. The van der Waals surface area contributed by atoms with E-state index in [1.165, 1.54) is 0 Å². The van der Waals surface area contributed by atoms with Crippen LogP contribution >= 0.6 is 0 Å². The molecule has 1 amide bonds. The molecule has 1 aromatic heterocycles. The summed E-state index contributed by atoms with van der Waals surface area (Å²) in [4.78, 5) is 21.6. The van der Waals surface area contributed by atoms with Crippen molar-refractivity contribution in [3.05, 3.63) is 66.0 Å². The van der Waals surface area contributed by atoms with Gasteiger partial charge in [-0.05, 0) is 29.8 Å². The number of benzene rings is 2. The minimum atomic E-state index is -0.179. The van der Waals surface area contributed by atoms with Gasteiger partial charge in [-0.2, -0.15) is 5.10 Å². The zero-order valence-corrected chi connectivity index (χ0v) is 16.2. The molecule has 1 aliphatic rings. The van der Waals surface area contributed by atoms with Crippen molar-refractivity contribution in [3.8, 4) is 5.75 Å². The standard InChI is InChI=1S/C22H22N4O2/c1-14(2)22(27)26-20(15-8-9-17-19(12-15)24-11-10-23-17)13-18(25-26)16-6-4-5-7-21(16)28-3/h4-12,14,20H,13H2,1-3H3/t20-/m1/s1. The highest BCUT2D eigenvalue weighted by molar-refractivity contribution is 6.05. The van der Waals surface area contributed by atoms with E-state index in [0.717, 1.165) is 33.6 Å². The van der Waals surface area contributed by atoms with Crippen molar-refractivity contribution in [1.29, 1.82) is 0 Å². The average Bonchev–Trinajstić information content (AvgIpc) is 3.17. The third-order valence-electron chi connectivity index (χ3n) is 4.93. The van der Waals surface area contributed by atoms with Crippen molar-refractivity contribution in [2.24, 2.45) is 11.0 Å². The Kier molecular flexibility index (Phi) is 4.77. The molecule has 0 radical (unpaired) electrons. The van der Waals surface area contributed by atoms with Crippen LogP contribution in [0.1, 0.15) is 37.4 Å². The number of hydrogen-bond acceptors (Lipinski definition) is 5. The number of amides is 1. The van der Waals surface area contributed by atoms with Gasteiger partial charge in [-0.3, -0.25) is 14.8 Å². The van der Waals surface area contributed by atoms with Gasteiger partial charge in [-0.15, -0.1) is 0 Å². The highest BCUT2D eigenvalue weighted by Crippen LogP contribution is 2.36. The zero-order chi connectivity index (χ0) is 19.7. The molecule has 4 rings (SSSR count). The number of nitrogens with zero attached hydrogens (tertiary/aromatic N) is 4. The lowest BCUT2D eigenvalue weighted by Gasteiger charge is -2.23. The third kappa shape index (κ3) is 3.22. The van der Waals surface area contributed by atoms with Crippen LogP contribution in [-0.2, 0) is 4.79 Å². The van der Waals surface area contributed by atoms with Crippen molar-refractivity contribution in [3.63, 3.8) is 0 Å². The van der Waals surface area contributed by atoms with E-state index >= 15 is 0 Å². The molecule has 0 spiro atoms. The zero-order valence-electron chi connectivity index (χ0n) is 16.2. The molecule has 2 aromatic carbocycles. The minimum Gasteiger partial charge on any atom is -0.496 e. The highest BCUT2D eigenvalue weighted by Gasteiger charge is 2.35. The first-order valence-electron chi connectivity index (χ1n) is 9.33. The van der Waals surface area contributed by atoms with E-state index in [9.17, 15) is 4.79 Å². The third-order valence-corrected chi connectivity index (χ3v) is 4.93. The molecule has 0 saturated carbocycles. The summed E-state index contributed by atoms with van der Waals surface area (Å²) in [5, 5.41) is 6.33. The van der Waals surface area contributed by atoms with Gasteiger partial charge in [0.2, 0.25) is 5.91 Å². The molecule has 6 heteroatoms. The van der Waals surface area contributed by atoms with Crippen molar-refractivity contribution >= 4 is 22.7 Å². The second-order valence-corrected chi connectivity index (χ2v) is 7.11. The number of fused-ring (bicyclic) bond motifs is 1. The van der Waals surface area contributed by atoms with E-state index in [1.54, 1.807) is 24.5 Å². The number of aromatic nitrogens is 2. The SMILES string of the molecule is COc1ccccc1C1=NN(C(=O)C(C)C)[C@@H](c2ccc3nccnc3c2)C1. The minimum absolute atomic E-state index is 0.00543. The number of rotatable bonds is 4. The van der Waals surface area contributed by atoms with Crippen LogP contribution in [0.5, 0.6) is 5.75 Å². The Hall–Kier alpha value is -3.28. The number of carbonyl (C=O) groups is 1. The van der Waals surface area contributed by atoms with E-state index < -0.39 is 0 Å². The first-order valence-corrected chi connectivity index (χ1v) is 9.33. The topological polar surface area (TPSA) is 67.7 Å². The Balaban J connectivity index is 1.76. The summed E-state index contributed by atoms with van der Waals surface area (Å²) >= 11 is 0. The molecule has 2 heterocycles. The van der Waals surface area contributed by atoms with E-state index in [0.29, 0.717) is 6.42 Å². The molecule has 3 aromatic rings. The van der Waals surface area contributed by atoms with Crippen LogP contribution in [0.4, 0.5) is 0 Å². The van der Waals surface area contributed by atoms with Crippen LogP contribution in [0.15, 0.2) is 60.0 Å². The number of methoxy groups -OCH3 is 1. The van der Waals surface area contributed by atoms with Gasteiger partial charge < -0.3 is 4.74 Å². The van der Waals surface area contributed by atoms with Gasteiger partial charge in [0.1, 0.15) is 5.75 Å². The normalized spacial score (nSPS) is 16.5. The van der Waals surface area contributed by atoms with Crippen molar-refractivity contribution in [2.45, 2.75) is 26.3 Å². The van der Waals surface area contributed by atoms with E-state index in [4.69, 9.17) is 9.84 Å². The molecule has 0 fully saturated rings. The van der Waals surface area contributed by atoms with Gasteiger partial charge in [0.05, 0.1) is 29.9 Å². The van der Waals surface area contributed by atoms with Gasteiger partial charge in [-0.1, -0.05) is 32.0 Å². The Morgan fingerprint density at radius 3 is 2.61 bits per heavy atom. The maximum Gasteiger partial charge on any atom is 0.245 e. The number of carbonyl (C=O) groups excluding carboxylic acids is 1. The summed E-state index contributed by atoms with van der Waals surface area (Å²) in [5.41, 5.74) is 4.39. The molecule has 0 aliphatic carbocycles. The van der Waals surface area contributed by atoms with Gasteiger partial charge in [0.15, 0.2) is 0 Å². The van der Waals surface area contributed by atoms with Crippen molar-refractivity contribution < 1.29 is 9.53 Å². The van der Waals surface area contributed by atoms with Crippen LogP contribution in [0.25, 0.3) is 11.0 Å². The second-order valence-electron chi connectivity index (χ2n) is 7.11. The van der Waals surface area contributed by atoms with Gasteiger partial charge in [0.25, 0.3) is 0 Å². The molecule has 6 nitrogen and oxygen atoms in total. The summed E-state index contributed by atoms with van der Waals surface area (Å²) in [6, 6.07) is 13.5. The summed E-state index contributed by atoms with van der Waals surface area (Å²) in [6.07, 6.45) is 3.97. The molecular formula is C22H22N4O2. The lowest BCUT2D eigenvalue weighted by Crippen LogP contribution is -2.30. The first kappa shape index (κ1) is 18.1. The van der Waals surface area contributed by atoms with E-state index in [-0.39, 0.29) is 17.9 Å². The Bertz CT molecular complexity index is 1060. The number of para-hydroxylation sites is 1. The maximum absolute atomic E-state index is 12.9. The van der Waals surface area contributed by atoms with E-state index in [1.807, 2.05) is 56.3 Å². The summed E-state index contributed by atoms with van der Waals surface area (Å²) in [6.45, 7) is 3.78. The Morgan fingerprint density at radius 1 is 1.11 bits per heavy atom. The quantitative estimate of drug-likeness (QED) is 0.693. The summed E-state index contributed by atoms with van der Waals surface area (Å²) < 4.78 is 5.50. The van der Waals surface area contributed by atoms with Crippen LogP contribution in [0.2, 0.25) is 0 Å². The van der Waals surface area contributed by atoms with Gasteiger partial charge in [-0.25, -0.2) is 5.01 Å². The molecule has 28 heavy (non-hydrogen) atoms. The molecule has 0 N–H and O–H groups in total. The van der Waals surface area contributed by atoms with Gasteiger partial charge >= 0.3 is 0 Å². The molecule has 142 valence electrons. The predicted octanol–water partition coefficient (Wildman–Crippen LogP) is 3.97. The monoisotopic (exact) mass is 374 g/mol. The first-order chi connectivity index (χ1) is 13.6. The Labute approximate surface area is 163 Å². The number of ether oxygens (including phenoxy) is 1. The van der Waals surface area contributed by atoms with Crippen LogP contribution in [0, 0.1) is 5.92 Å². The molecule has 1 aliphatic heterocycles.